The molecule has 3 rings (SSSR count). The van der Waals surface area contributed by atoms with E-state index in [2.05, 4.69) is 47.8 Å². The maximum Gasteiger partial charge on any atom is 0.193 e. The molecular formula is C21H26N4O2S. The molecule has 0 spiro atoms. The first-order valence-electron chi connectivity index (χ1n) is 9.35. The molecule has 0 fully saturated rings. The summed E-state index contributed by atoms with van der Waals surface area (Å²) in [5.41, 5.74) is 3.16. The monoisotopic (exact) mass is 398 g/mol. The number of phenolic OH excluding ortho intramolecular Hbond substituents is 2. The number of nitrogens with zero attached hydrogens (tertiary/aromatic N) is 4. The van der Waals surface area contributed by atoms with E-state index < -0.39 is 0 Å². The first-order chi connectivity index (χ1) is 13.3. The van der Waals surface area contributed by atoms with Crippen molar-refractivity contribution in [2.45, 2.75) is 38.3 Å². The molecule has 3 aromatic rings. The Labute approximate surface area is 170 Å². The molecule has 0 aliphatic heterocycles. The summed E-state index contributed by atoms with van der Waals surface area (Å²) >= 11 is 4.47. The standard InChI is InChI=1S/C21H26N4O2S/c1-5-9-24(4)14-7-6-8-15(10-14)25-20(22-23-21(25)28)17-11-16(13(2)3)18(26)12-19(17)27/h6-8,10-13,26-27H,5,9H2,1-4H3,(H,23,28). The highest BCUT2D eigenvalue weighted by Crippen LogP contribution is 2.38. The number of thiol groups is 1. The first-order valence-corrected chi connectivity index (χ1v) is 9.80. The Hall–Kier alpha value is -2.67. The van der Waals surface area contributed by atoms with Crippen molar-refractivity contribution in [3.8, 4) is 28.6 Å². The van der Waals surface area contributed by atoms with Gasteiger partial charge in [0.2, 0.25) is 0 Å². The number of aromatic nitrogens is 3. The van der Waals surface area contributed by atoms with E-state index in [1.807, 2.05) is 32.0 Å². The zero-order chi connectivity index (χ0) is 20.4. The van der Waals surface area contributed by atoms with Crippen molar-refractivity contribution in [2.75, 3.05) is 18.5 Å². The number of hydrogen-bond donors (Lipinski definition) is 3. The van der Waals surface area contributed by atoms with E-state index in [1.54, 1.807) is 10.6 Å². The van der Waals surface area contributed by atoms with Gasteiger partial charge >= 0.3 is 0 Å². The van der Waals surface area contributed by atoms with E-state index in [9.17, 15) is 10.2 Å². The topological polar surface area (TPSA) is 74.4 Å². The molecule has 28 heavy (non-hydrogen) atoms. The fraction of sp³-hybridized carbons (Fsp3) is 0.333. The van der Waals surface area contributed by atoms with Gasteiger partial charge in [0.25, 0.3) is 0 Å². The Morgan fingerprint density at radius 1 is 1.11 bits per heavy atom. The molecule has 2 N–H and O–H groups in total. The van der Waals surface area contributed by atoms with Crippen molar-refractivity contribution >= 4 is 18.3 Å². The fourth-order valence-corrected chi connectivity index (χ4v) is 3.51. The highest BCUT2D eigenvalue weighted by atomic mass is 32.1. The summed E-state index contributed by atoms with van der Waals surface area (Å²) in [6.45, 7) is 7.06. The van der Waals surface area contributed by atoms with Crippen LogP contribution in [0.4, 0.5) is 5.69 Å². The first kappa shape index (κ1) is 20.1. The van der Waals surface area contributed by atoms with Crippen molar-refractivity contribution in [1.82, 2.24) is 14.8 Å². The van der Waals surface area contributed by atoms with E-state index in [0.717, 1.165) is 29.9 Å². The van der Waals surface area contributed by atoms with E-state index >= 15 is 0 Å². The average molecular weight is 399 g/mol. The van der Waals surface area contributed by atoms with E-state index in [4.69, 9.17) is 0 Å². The third-order valence-electron chi connectivity index (χ3n) is 4.74. The maximum absolute atomic E-state index is 10.5. The number of rotatable bonds is 6. The molecule has 0 aliphatic carbocycles. The summed E-state index contributed by atoms with van der Waals surface area (Å²) in [5.74, 6) is 0.580. The summed E-state index contributed by atoms with van der Waals surface area (Å²) in [6, 6.07) is 11.1. The molecule has 0 saturated heterocycles. The molecule has 0 amide bonds. The molecule has 0 atom stereocenters. The van der Waals surface area contributed by atoms with Crippen LogP contribution in [0.1, 0.15) is 38.7 Å². The molecule has 1 heterocycles. The summed E-state index contributed by atoms with van der Waals surface area (Å²) in [7, 11) is 2.05. The lowest BCUT2D eigenvalue weighted by Gasteiger charge is -2.20. The number of benzene rings is 2. The smallest absolute Gasteiger partial charge is 0.193 e. The van der Waals surface area contributed by atoms with Crippen molar-refractivity contribution in [1.29, 1.82) is 0 Å². The molecule has 148 valence electrons. The summed E-state index contributed by atoms with van der Waals surface area (Å²) in [4.78, 5) is 2.18. The van der Waals surface area contributed by atoms with Gasteiger partial charge in [0.05, 0.1) is 11.3 Å². The Morgan fingerprint density at radius 2 is 1.86 bits per heavy atom. The lowest BCUT2D eigenvalue weighted by atomic mass is 9.98. The minimum absolute atomic E-state index is 0.0526. The second-order valence-corrected chi connectivity index (χ2v) is 7.58. The summed E-state index contributed by atoms with van der Waals surface area (Å²) in [5, 5.41) is 29.4. The zero-order valence-corrected chi connectivity index (χ0v) is 17.5. The summed E-state index contributed by atoms with van der Waals surface area (Å²) < 4.78 is 1.79. The summed E-state index contributed by atoms with van der Waals surface area (Å²) in [6.07, 6.45) is 1.05. The number of anilines is 1. The molecule has 0 saturated carbocycles. The van der Waals surface area contributed by atoms with Crippen molar-refractivity contribution in [3.63, 3.8) is 0 Å². The maximum atomic E-state index is 10.5. The Bertz CT molecular complexity index is 985. The minimum atomic E-state index is -0.0526. The van der Waals surface area contributed by atoms with Crippen LogP contribution < -0.4 is 4.90 Å². The highest BCUT2D eigenvalue weighted by Gasteiger charge is 2.20. The molecule has 0 bridgehead atoms. The van der Waals surface area contributed by atoms with Crippen molar-refractivity contribution in [2.24, 2.45) is 0 Å². The van der Waals surface area contributed by atoms with Crippen LogP contribution in [-0.2, 0) is 0 Å². The van der Waals surface area contributed by atoms with Gasteiger partial charge in [-0.3, -0.25) is 4.57 Å². The molecule has 0 radical (unpaired) electrons. The Morgan fingerprint density at radius 3 is 2.54 bits per heavy atom. The number of aromatic hydroxyl groups is 2. The van der Waals surface area contributed by atoms with Gasteiger partial charge in [-0.25, -0.2) is 0 Å². The highest BCUT2D eigenvalue weighted by molar-refractivity contribution is 7.80. The van der Waals surface area contributed by atoms with Crippen LogP contribution in [0.3, 0.4) is 0 Å². The molecule has 0 unspecified atom stereocenters. The molecule has 6 nitrogen and oxygen atoms in total. The third kappa shape index (κ3) is 3.80. The van der Waals surface area contributed by atoms with Crippen molar-refractivity contribution < 1.29 is 10.2 Å². The lowest BCUT2D eigenvalue weighted by molar-refractivity contribution is 0.444. The van der Waals surface area contributed by atoms with Crippen LogP contribution in [0.5, 0.6) is 11.5 Å². The second kappa shape index (κ2) is 8.14. The van der Waals surface area contributed by atoms with Gasteiger partial charge in [-0.1, -0.05) is 26.8 Å². The van der Waals surface area contributed by atoms with Crippen LogP contribution in [-0.4, -0.2) is 38.6 Å². The third-order valence-corrected chi connectivity index (χ3v) is 5.03. The van der Waals surface area contributed by atoms with E-state index in [0.29, 0.717) is 16.5 Å². The minimum Gasteiger partial charge on any atom is -0.508 e. The Balaban J connectivity index is 2.15. The predicted octanol–water partition coefficient (Wildman–Crippen LogP) is 4.60. The second-order valence-electron chi connectivity index (χ2n) is 7.18. The van der Waals surface area contributed by atoms with Gasteiger partial charge in [-0.2, -0.15) is 0 Å². The fourth-order valence-electron chi connectivity index (χ4n) is 3.26. The van der Waals surface area contributed by atoms with Crippen LogP contribution >= 0.6 is 12.6 Å². The predicted molar refractivity (Wildman–Crippen MR) is 115 cm³/mol. The van der Waals surface area contributed by atoms with Gasteiger partial charge in [0, 0.05) is 25.3 Å². The average Bonchev–Trinajstić information content (AvgIpc) is 3.03. The van der Waals surface area contributed by atoms with Gasteiger partial charge in [-0.05, 0) is 42.2 Å². The lowest BCUT2D eigenvalue weighted by Crippen LogP contribution is -2.17. The zero-order valence-electron chi connectivity index (χ0n) is 16.6. The van der Waals surface area contributed by atoms with Gasteiger partial charge < -0.3 is 15.1 Å². The molecule has 7 heteroatoms. The van der Waals surface area contributed by atoms with E-state index in [-0.39, 0.29) is 17.4 Å². The normalized spacial score (nSPS) is 11.2. The molecule has 2 aromatic carbocycles. The molecular weight excluding hydrogens is 372 g/mol. The van der Waals surface area contributed by atoms with Crippen LogP contribution in [0.15, 0.2) is 41.6 Å². The van der Waals surface area contributed by atoms with Gasteiger partial charge in [-0.15, -0.1) is 22.8 Å². The van der Waals surface area contributed by atoms with Crippen LogP contribution in [0.25, 0.3) is 17.1 Å². The van der Waals surface area contributed by atoms with Gasteiger partial charge in [0.1, 0.15) is 11.5 Å². The van der Waals surface area contributed by atoms with Crippen LogP contribution in [0, 0.1) is 0 Å². The number of phenols is 2. The van der Waals surface area contributed by atoms with Crippen LogP contribution in [0.2, 0.25) is 0 Å². The molecule has 0 aliphatic rings. The van der Waals surface area contributed by atoms with Crippen molar-refractivity contribution in [3.05, 3.63) is 42.0 Å². The number of hydrogen-bond acceptors (Lipinski definition) is 6. The largest absolute Gasteiger partial charge is 0.508 e. The van der Waals surface area contributed by atoms with E-state index in [1.165, 1.54) is 6.07 Å². The quantitative estimate of drug-likeness (QED) is 0.529. The Kier molecular flexibility index (Phi) is 5.84. The molecule has 1 aromatic heterocycles. The van der Waals surface area contributed by atoms with Gasteiger partial charge in [0.15, 0.2) is 11.0 Å². The SMILES string of the molecule is CCCN(C)c1cccc(-n2c(S)nnc2-c2cc(C(C)C)c(O)cc2O)c1.